The van der Waals surface area contributed by atoms with Gasteiger partial charge in [0.1, 0.15) is 0 Å². The molecule has 2 fully saturated rings. The predicted molar refractivity (Wildman–Crippen MR) is 64.4 cm³/mol. The number of thioether (sulfide) groups is 2. The molecule has 0 spiro atoms. The van der Waals surface area contributed by atoms with E-state index in [-0.39, 0.29) is 0 Å². The Kier molecular flexibility index (Phi) is 3.19. The van der Waals surface area contributed by atoms with Crippen molar-refractivity contribution in [3.05, 3.63) is 0 Å². The number of hydrogen-bond acceptors (Lipinski definition) is 2. The van der Waals surface area contributed by atoms with Crippen LogP contribution in [0.5, 0.6) is 0 Å². The minimum atomic E-state index is 0.643. The Labute approximate surface area is 90.6 Å². The van der Waals surface area contributed by atoms with Gasteiger partial charge in [0.2, 0.25) is 0 Å². The topological polar surface area (TPSA) is 0 Å². The summed E-state index contributed by atoms with van der Waals surface area (Å²) < 4.78 is 0.643. The molecule has 2 saturated carbocycles. The standard InChI is InChI=1S/C11H20S2/c1-12-11(13-2)9-7-5-3-4-6-8-10(9)11/h9-10H,3-8H2,1-2H3. The van der Waals surface area contributed by atoms with Crippen LogP contribution < -0.4 is 0 Å². The Morgan fingerprint density at radius 2 is 1.31 bits per heavy atom. The molecule has 0 aromatic carbocycles. The largest absolute Gasteiger partial charge is 0.147 e. The van der Waals surface area contributed by atoms with Gasteiger partial charge >= 0.3 is 0 Å². The molecule has 2 aliphatic carbocycles. The van der Waals surface area contributed by atoms with Crippen LogP contribution in [0.15, 0.2) is 0 Å². The van der Waals surface area contributed by atoms with E-state index in [9.17, 15) is 0 Å². The fourth-order valence-electron chi connectivity index (χ4n) is 3.06. The second kappa shape index (κ2) is 4.06. The molecule has 13 heavy (non-hydrogen) atoms. The summed E-state index contributed by atoms with van der Waals surface area (Å²) in [6.07, 6.45) is 13.6. The Balaban J connectivity index is 2.00. The summed E-state index contributed by atoms with van der Waals surface area (Å²) in [5.41, 5.74) is 0. The van der Waals surface area contributed by atoms with Gasteiger partial charge in [0.05, 0.1) is 4.08 Å². The van der Waals surface area contributed by atoms with Gasteiger partial charge < -0.3 is 0 Å². The van der Waals surface area contributed by atoms with Crippen LogP contribution in [0.2, 0.25) is 0 Å². The molecule has 0 aliphatic heterocycles. The number of rotatable bonds is 2. The maximum atomic E-state index is 2.31. The van der Waals surface area contributed by atoms with Crippen LogP contribution in [0.25, 0.3) is 0 Å². The summed E-state index contributed by atoms with van der Waals surface area (Å²) in [7, 11) is 0. The lowest BCUT2D eigenvalue weighted by molar-refractivity contribution is 0.485. The Hall–Kier alpha value is 0.700. The molecule has 0 nitrogen and oxygen atoms in total. The smallest absolute Gasteiger partial charge is 0.0668 e. The minimum absolute atomic E-state index is 0.643. The maximum absolute atomic E-state index is 2.31. The Morgan fingerprint density at radius 3 is 1.69 bits per heavy atom. The SMILES string of the molecule is CSC1(SC)C2CCCCCCC21. The summed E-state index contributed by atoms with van der Waals surface area (Å²) in [6, 6.07) is 0. The Morgan fingerprint density at radius 1 is 0.846 bits per heavy atom. The van der Waals surface area contributed by atoms with E-state index in [1.165, 1.54) is 38.5 Å². The summed E-state index contributed by atoms with van der Waals surface area (Å²) in [5, 5.41) is 0. The predicted octanol–water partition coefficient (Wildman–Crippen LogP) is 4.01. The van der Waals surface area contributed by atoms with Crippen molar-refractivity contribution in [3.8, 4) is 0 Å². The molecule has 2 atom stereocenters. The third-order valence-corrected chi connectivity index (χ3v) is 7.32. The van der Waals surface area contributed by atoms with Gasteiger partial charge in [-0.2, -0.15) is 0 Å². The summed E-state index contributed by atoms with van der Waals surface area (Å²) in [4.78, 5) is 0. The highest BCUT2D eigenvalue weighted by Crippen LogP contribution is 2.68. The van der Waals surface area contributed by atoms with Crippen LogP contribution >= 0.6 is 23.5 Å². The second-order valence-corrected chi connectivity index (χ2v) is 6.76. The van der Waals surface area contributed by atoms with Gasteiger partial charge in [-0.25, -0.2) is 0 Å². The normalized spacial score (nSPS) is 37.4. The van der Waals surface area contributed by atoms with E-state index in [0.717, 1.165) is 11.8 Å². The van der Waals surface area contributed by atoms with E-state index in [1.54, 1.807) is 0 Å². The van der Waals surface area contributed by atoms with E-state index >= 15 is 0 Å². The molecule has 0 aromatic heterocycles. The summed E-state index contributed by atoms with van der Waals surface area (Å²) in [5.74, 6) is 2.11. The van der Waals surface area contributed by atoms with Gasteiger partial charge in [-0.05, 0) is 37.2 Å². The van der Waals surface area contributed by atoms with Crippen molar-refractivity contribution in [1.29, 1.82) is 0 Å². The average Bonchev–Trinajstić information content (AvgIpc) is 2.71. The molecular formula is C11H20S2. The van der Waals surface area contributed by atoms with Crippen LogP contribution in [0, 0.1) is 11.8 Å². The lowest BCUT2D eigenvalue weighted by atomic mass is 10.0. The van der Waals surface area contributed by atoms with Crippen molar-refractivity contribution >= 4 is 23.5 Å². The molecule has 2 unspecified atom stereocenters. The van der Waals surface area contributed by atoms with E-state index in [0.29, 0.717) is 4.08 Å². The first kappa shape index (κ1) is 10.2. The zero-order valence-corrected chi connectivity index (χ0v) is 10.3. The van der Waals surface area contributed by atoms with Gasteiger partial charge in [0.25, 0.3) is 0 Å². The molecule has 76 valence electrons. The van der Waals surface area contributed by atoms with Crippen molar-refractivity contribution in [2.24, 2.45) is 11.8 Å². The lowest BCUT2D eigenvalue weighted by Crippen LogP contribution is -2.00. The highest BCUT2D eigenvalue weighted by Gasteiger charge is 2.62. The molecule has 2 heteroatoms. The van der Waals surface area contributed by atoms with E-state index < -0.39 is 0 Å². The molecule has 0 bridgehead atoms. The van der Waals surface area contributed by atoms with Crippen LogP contribution in [0.4, 0.5) is 0 Å². The van der Waals surface area contributed by atoms with Crippen molar-refractivity contribution in [2.45, 2.75) is 42.6 Å². The molecule has 0 radical (unpaired) electrons. The first-order valence-electron chi connectivity index (χ1n) is 5.45. The highest BCUT2D eigenvalue weighted by atomic mass is 32.2. The van der Waals surface area contributed by atoms with Gasteiger partial charge in [-0.3, -0.25) is 0 Å². The zero-order valence-electron chi connectivity index (χ0n) is 8.71. The highest BCUT2D eigenvalue weighted by molar-refractivity contribution is 8.18. The second-order valence-electron chi connectivity index (χ2n) is 4.33. The summed E-state index contributed by atoms with van der Waals surface area (Å²) >= 11 is 4.25. The third-order valence-electron chi connectivity index (χ3n) is 3.83. The number of fused-ring (bicyclic) bond motifs is 1. The monoisotopic (exact) mass is 216 g/mol. The quantitative estimate of drug-likeness (QED) is 0.640. The molecule has 0 aromatic rings. The molecule has 0 N–H and O–H groups in total. The molecule has 2 rings (SSSR count). The first-order chi connectivity index (χ1) is 6.35. The average molecular weight is 216 g/mol. The molecular weight excluding hydrogens is 196 g/mol. The maximum Gasteiger partial charge on any atom is 0.0668 e. The van der Waals surface area contributed by atoms with Crippen molar-refractivity contribution in [3.63, 3.8) is 0 Å². The molecule has 0 heterocycles. The van der Waals surface area contributed by atoms with E-state index in [1.807, 2.05) is 0 Å². The van der Waals surface area contributed by atoms with Crippen molar-refractivity contribution in [2.75, 3.05) is 12.5 Å². The van der Waals surface area contributed by atoms with E-state index in [4.69, 9.17) is 0 Å². The van der Waals surface area contributed by atoms with Crippen molar-refractivity contribution in [1.82, 2.24) is 0 Å². The van der Waals surface area contributed by atoms with Gasteiger partial charge in [-0.1, -0.05) is 25.7 Å². The van der Waals surface area contributed by atoms with Crippen LogP contribution in [-0.2, 0) is 0 Å². The van der Waals surface area contributed by atoms with Crippen LogP contribution in [0.3, 0.4) is 0 Å². The fraction of sp³-hybridized carbons (Fsp3) is 1.00. The molecule has 0 saturated heterocycles. The van der Waals surface area contributed by atoms with Gasteiger partial charge in [-0.15, -0.1) is 23.5 Å². The van der Waals surface area contributed by atoms with E-state index in [2.05, 4.69) is 36.0 Å². The van der Waals surface area contributed by atoms with Crippen LogP contribution in [0.1, 0.15) is 38.5 Å². The Bertz CT molecular complexity index is 159. The third kappa shape index (κ3) is 1.65. The lowest BCUT2D eigenvalue weighted by Gasteiger charge is -2.11. The van der Waals surface area contributed by atoms with Gasteiger partial charge in [0, 0.05) is 0 Å². The van der Waals surface area contributed by atoms with Gasteiger partial charge in [0.15, 0.2) is 0 Å². The minimum Gasteiger partial charge on any atom is -0.147 e. The first-order valence-corrected chi connectivity index (χ1v) is 7.90. The number of hydrogen-bond donors (Lipinski definition) is 0. The molecule has 0 amide bonds. The fourth-order valence-corrected chi connectivity index (χ4v) is 5.93. The summed E-state index contributed by atoms with van der Waals surface area (Å²) in [6.45, 7) is 0. The van der Waals surface area contributed by atoms with Crippen LogP contribution in [-0.4, -0.2) is 16.6 Å². The zero-order chi connectivity index (χ0) is 9.31. The van der Waals surface area contributed by atoms with Crippen molar-refractivity contribution < 1.29 is 0 Å². The molecule has 2 aliphatic rings.